The quantitative estimate of drug-likeness (QED) is 0.0519. The molecule has 0 aliphatic carbocycles. The van der Waals surface area contributed by atoms with Gasteiger partial charge in [-0.05, 0) is 60.3 Å². The maximum absolute atomic E-state index is 2.62. The average Bonchev–Trinajstić information content (AvgIpc) is 3.15. The Hall–Kier alpha value is -1.73. The summed E-state index contributed by atoms with van der Waals surface area (Å²) in [6.45, 7) is 4.61. The van der Waals surface area contributed by atoms with Crippen molar-refractivity contribution >= 4 is 46.6 Å². The van der Waals surface area contributed by atoms with Crippen LogP contribution in [0.1, 0.15) is 153 Å². The van der Waals surface area contributed by atoms with Crippen molar-refractivity contribution in [1.82, 2.24) is 0 Å². The van der Waals surface area contributed by atoms with E-state index in [-0.39, 0.29) is 0 Å². The minimum Gasteiger partial charge on any atom is -0.125 e. The summed E-state index contributed by atoms with van der Waals surface area (Å²) in [6, 6.07) is 33.5. The Morgan fingerprint density at radius 2 is 0.714 bits per heavy atom. The molecule has 3 rings (SSSR count). The number of unbranched alkanes of at least 4 members (excludes halogenated alkanes) is 18. The maximum Gasteiger partial charge on any atom is 0.0155 e. The van der Waals surface area contributed by atoms with Crippen molar-refractivity contribution in [3.05, 3.63) is 114 Å². The predicted molar refractivity (Wildman–Crippen MR) is 230 cm³/mol. The summed E-state index contributed by atoms with van der Waals surface area (Å²) >= 11 is 4.15. The Labute approximate surface area is 312 Å². The normalized spacial score (nSPS) is 12.2. The zero-order chi connectivity index (χ0) is 34.5. The molecule has 3 aromatic carbocycles. The van der Waals surface area contributed by atoms with Gasteiger partial charge in [-0.15, -0.1) is 23.5 Å². The largest absolute Gasteiger partial charge is 0.125 e. The SMILES string of the molecule is CCCCCCCCCCCCS/C(=C\P(/C=C(\SCCCCCCCCCCCC)c1ccccc1)c1ccccc1)c1ccccc1. The van der Waals surface area contributed by atoms with Crippen LogP contribution in [0.3, 0.4) is 0 Å². The van der Waals surface area contributed by atoms with Gasteiger partial charge in [0.2, 0.25) is 0 Å². The molecule has 0 spiro atoms. The second kappa shape index (κ2) is 28.9. The third-order valence-electron chi connectivity index (χ3n) is 9.19. The molecule has 0 aliphatic heterocycles. The van der Waals surface area contributed by atoms with Gasteiger partial charge in [0, 0.05) is 9.81 Å². The van der Waals surface area contributed by atoms with E-state index in [9.17, 15) is 0 Å². The van der Waals surface area contributed by atoms with Crippen LogP contribution in [0.4, 0.5) is 0 Å². The zero-order valence-corrected chi connectivity index (χ0v) is 33.7. The monoisotopic (exact) mass is 714 g/mol. The molecule has 0 saturated heterocycles. The van der Waals surface area contributed by atoms with Crippen LogP contribution in [-0.2, 0) is 0 Å². The molecule has 268 valence electrons. The van der Waals surface area contributed by atoms with Crippen molar-refractivity contribution in [2.24, 2.45) is 0 Å². The highest BCUT2D eigenvalue weighted by molar-refractivity contribution is 8.09. The van der Waals surface area contributed by atoms with Crippen molar-refractivity contribution in [2.45, 2.75) is 142 Å². The average molecular weight is 715 g/mol. The number of thioether (sulfide) groups is 2. The molecule has 0 aliphatic rings. The van der Waals surface area contributed by atoms with Crippen LogP contribution >= 0.6 is 31.4 Å². The fraction of sp³-hybridized carbons (Fsp3) is 0.522. The molecule has 0 radical (unpaired) electrons. The Morgan fingerprint density at radius 1 is 0.408 bits per heavy atom. The minimum absolute atomic E-state index is 0.626. The highest BCUT2D eigenvalue weighted by Gasteiger charge is 2.13. The van der Waals surface area contributed by atoms with E-state index < -0.39 is 7.92 Å². The first-order chi connectivity index (χ1) is 24.3. The number of hydrogen-bond donors (Lipinski definition) is 0. The van der Waals surface area contributed by atoms with Crippen molar-refractivity contribution in [3.8, 4) is 0 Å². The first kappa shape index (κ1) is 41.7. The van der Waals surface area contributed by atoms with Gasteiger partial charge in [0.05, 0.1) is 0 Å². The predicted octanol–water partition coefficient (Wildman–Crippen LogP) is 16.1. The Balaban J connectivity index is 1.66. The molecule has 0 amide bonds. The van der Waals surface area contributed by atoms with Gasteiger partial charge < -0.3 is 0 Å². The molecular formula is C46H67PS2. The maximum atomic E-state index is 2.62. The summed E-state index contributed by atoms with van der Waals surface area (Å²) in [7, 11) is -0.626. The van der Waals surface area contributed by atoms with Gasteiger partial charge in [-0.3, -0.25) is 0 Å². The van der Waals surface area contributed by atoms with E-state index in [1.54, 1.807) is 0 Å². The van der Waals surface area contributed by atoms with Crippen molar-refractivity contribution in [2.75, 3.05) is 11.5 Å². The smallest absolute Gasteiger partial charge is 0.0155 e. The molecular weight excluding hydrogens is 648 g/mol. The number of benzene rings is 3. The van der Waals surface area contributed by atoms with Gasteiger partial charge in [-0.2, -0.15) is 0 Å². The molecule has 3 heteroatoms. The topological polar surface area (TPSA) is 0 Å². The molecule has 0 atom stereocenters. The Morgan fingerprint density at radius 3 is 1.06 bits per heavy atom. The summed E-state index contributed by atoms with van der Waals surface area (Å²) in [5.74, 6) is 7.62. The molecule has 0 heterocycles. The van der Waals surface area contributed by atoms with Crippen LogP contribution in [0.2, 0.25) is 0 Å². The van der Waals surface area contributed by atoms with Gasteiger partial charge in [0.25, 0.3) is 0 Å². The van der Waals surface area contributed by atoms with Crippen molar-refractivity contribution < 1.29 is 0 Å². The standard InChI is InChI=1S/C46H67PS2/c1-3-5-7-9-11-13-15-17-19-30-38-48-45(42-32-24-21-25-33-42)40-47(44-36-28-23-29-37-44)41-46(43-34-26-22-27-35-43)49-39-31-20-18-16-14-12-10-8-6-4-2/h21-29,32-37,40-41H,3-20,30-31,38-39H2,1-2H3/b45-40-,46-41-. The highest BCUT2D eigenvalue weighted by atomic mass is 32.2. The molecule has 0 aromatic heterocycles. The number of rotatable bonds is 29. The van der Waals surface area contributed by atoms with E-state index in [1.165, 1.54) is 166 Å². The third-order valence-corrected chi connectivity index (χ3v) is 13.8. The minimum atomic E-state index is -0.626. The van der Waals surface area contributed by atoms with Gasteiger partial charge >= 0.3 is 0 Å². The lowest BCUT2D eigenvalue weighted by Crippen LogP contribution is -1.97. The summed E-state index contributed by atoms with van der Waals surface area (Å²) in [5.41, 5.74) is 2.71. The second-order valence-corrected chi connectivity index (χ2v) is 17.6. The lowest BCUT2D eigenvalue weighted by molar-refractivity contribution is 0.563. The molecule has 0 N–H and O–H groups in total. The van der Waals surface area contributed by atoms with E-state index >= 15 is 0 Å². The summed E-state index contributed by atoms with van der Waals surface area (Å²) in [4.78, 5) is 2.88. The summed E-state index contributed by atoms with van der Waals surface area (Å²) < 4.78 is 0. The fourth-order valence-electron chi connectivity index (χ4n) is 6.18. The first-order valence-electron chi connectivity index (χ1n) is 19.9. The van der Waals surface area contributed by atoms with Crippen LogP contribution in [-0.4, -0.2) is 11.5 Å². The van der Waals surface area contributed by atoms with Gasteiger partial charge in [0.1, 0.15) is 0 Å². The van der Waals surface area contributed by atoms with Crippen LogP contribution in [0.5, 0.6) is 0 Å². The summed E-state index contributed by atoms with van der Waals surface area (Å²) in [6.07, 6.45) is 27.8. The third kappa shape index (κ3) is 19.5. The molecule has 0 bridgehead atoms. The van der Waals surface area contributed by atoms with Crippen molar-refractivity contribution in [1.29, 1.82) is 0 Å². The van der Waals surface area contributed by atoms with E-state index in [4.69, 9.17) is 0 Å². The molecule has 0 fully saturated rings. The summed E-state index contributed by atoms with van der Waals surface area (Å²) in [5, 5.41) is 1.43. The van der Waals surface area contributed by atoms with E-state index in [0.29, 0.717) is 0 Å². The lowest BCUT2D eigenvalue weighted by Gasteiger charge is -2.17. The number of hydrogen-bond acceptors (Lipinski definition) is 2. The molecule has 49 heavy (non-hydrogen) atoms. The van der Waals surface area contributed by atoms with Crippen LogP contribution in [0.25, 0.3) is 9.81 Å². The fourth-order valence-corrected chi connectivity index (χ4v) is 10.9. The van der Waals surface area contributed by atoms with Crippen LogP contribution in [0.15, 0.2) is 103 Å². The Kier molecular flexibility index (Phi) is 24.6. The van der Waals surface area contributed by atoms with Gasteiger partial charge in [-0.1, -0.05) is 220 Å². The van der Waals surface area contributed by atoms with E-state index in [1.807, 2.05) is 0 Å². The van der Waals surface area contributed by atoms with E-state index in [2.05, 4.69) is 140 Å². The molecule has 0 saturated carbocycles. The Bertz CT molecular complexity index is 1160. The molecule has 0 nitrogen and oxygen atoms in total. The lowest BCUT2D eigenvalue weighted by atomic mass is 10.1. The zero-order valence-electron chi connectivity index (χ0n) is 31.1. The molecule has 0 unspecified atom stereocenters. The van der Waals surface area contributed by atoms with Gasteiger partial charge in [0.15, 0.2) is 0 Å². The molecule has 3 aromatic rings. The van der Waals surface area contributed by atoms with Crippen LogP contribution < -0.4 is 5.30 Å². The first-order valence-corrected chi connectivity index (χ1v) is 23.4. The van der Waals surface area contributed by atoms with Gasteiger partial charge in [-0.25, -0.2) is 0 Å². The van der Waals surface area contributed by atoms with Crippen molar-refractivity contribution in [3.63, 3.8) is 0 Å². The van der Waals surface area contributed by atoms with Crippen LogP contribution in [0, 0.1) is 0 Å². The highest BCUT2D eigenvalue weighted by Crippen LogP contribution is 2.48. The van der Waals surface area contributed by atoms with E-state index in [0.717, 1.165) is 0 Å². The second-order valence-electron chi connectivity index (χ2n) is 13.5.